The smallest absolute Gasteiger partial charge is 0.267 e. The first-order valence-corrected chi connectivity index (χ1v) is 5.64. The molecule has 0 saturated carbocycles. The molecule has 4 nitrogen and oxygen atoms in total. The highest BCUT2D eigenvalue weighted by atomic mass is 16.1. The van der Waals surface area contributed by atoms with Crippen LogP contribution in [0.3, 0.4) is 0 Å². The molecule has 1 aromatic rings. The van der Waals surface area contributed by atoms with Crippen LogP contribution in [0.5, 0.6) is 0 Å². The maximum absolute atomic E-state index is 11.3. The molecule has 0 aromatic carbocycles. The molecule has 1 aliphatic rings. The zero-order valence-corrected chi connectivity index (χ0v) is 9.44. The number of rotatable bonds is 2. The molecule has 1 amide bonds. The summed E-state index contributed by atoms with van der Waals surface area (Å²) in [4.78, 5) is 15.4. The van der Waals surface area contributed by atoms with Crippen molar-refractivity contribution in [3.8, 4) is 0 Å². The molecule has 0 spiro atoms. The molecule has 0 aliphatic carbocycles. The quantitative estimate of drug-likeness (QED) is 0.776. The summed E-state index contributed by atoms with van der Waals surface area (Å²) in [7, 11) is 0. The molecule has 1 aliphatic heterocycles. The van der Waals surface area contributed by atoms with E-state index in [1.165, 1.54) is 0 Å². The number of hydrogen-bond donors (Lipinski definition) is 2. The maximum atomic E-state index is 11.3. The Kier molecular flexibility index (Phi) is 3.19. The number of amides is 1. The van der Waals surface area contributed by atoms with Gasteiger partial charge in [0.1, 0.15) is 5.69 Å². The Bertz CT molecular complexity index is 392. The summed E-state index contributed by atoms with van der Waals surface area (Å²) in [6.07, 6.45) is 2.70. The lowest BCUT2D eigenvalue weighted by molar-refractivity contribution is 0.0993. The lowest BCUT2D eigenvalue weighted by Gasteiger charge is -2.28. The van der Waals surface area contributed by atoms with Crippen molar-refractivity contribution in [3.63, 3.8) is 0 Å². The molecule has 86 valence electrons. The van der Waals surface area contributed by atoms with Gasteiger partial charge in [0, 0.05) is 12.7 Å². The molecule has 2 heterocycles. The van der Waals surface area contributed by atoms with Crippen LogP contribution in [0.15, 0.2) is 18.3 Å². The molecule has 1 aromatic heterocycles. The molecular formula is C12H17N3O. The van der Waals surface area contributed by atoms with Crippen molar-refractivity contribution in [1.82, 2.24) is 10.3 Å². The minimum Gasteiger partial charge on any atom is -0.364 e. The van der Waals surface area contributed by atoms with Crippen LogP contribution >= 0.6 is 0 Å². The topological polar surface area (TPSA) is 68.0 Å². The third-order valence-corrected chi connectivity index (χ3v) is 3.08. The van der Waals surface area contributed by atoms with E-state index in [1.54, 1.807) is 6.20 Å². The highest BCUT2D eigenvalue weighted by molar-refractivity contribution is 5.92. The second-order valence-electron chi connectivity index (χ2n) is 4.50. The highest BCUT2D eigenvalue weighted by Crippen LogP contribution is 2.27. The molecule has 2 rings (SSSR count). The molecular weight excluding hydrogens is 202 g/mol. The number of hydrogen-bond acceptors (Lipinski definition) is 3. The van der Waals surface area contributed by atoms with Gasteiger partial charge in [0.2, 0.25) is 0 Å². The molecule has 3 N–H and O–H groups in total. The summed E-state index contributed by atoms with van der Waals surface area (Å²) >= 11 is 0. The van der Waals surface area contributed by atoms with Gasteiger partial charge in [-0.15, -0.1) is 0 Å². The second-order valence-corrected chi connectivity index (χ2v) is 4.50. The Hall–Kier alpha value is -1.42. The number of nitrogens with one attached hydrogen (secondary N) is 1. The fourth-order valence-corrected chi connectivity index (χ4v) is 2.35. The minimum atomic E-state index is -0.436. The van der Waals surface area contributed by atoms with Crippen LogP contribution in [0.25, 0.3) is 0 Å². The van der Waals surface area contributed by atoms with E-state index in [2.05, 4.69) is 17.2 Å². The average Bonchev–Trinajstić information content (AvgIpc) is 2.29. The van der Waals surface area contributed by atoms with Gasteiger partial charge in [0.25, 0.3) is 5.91 Å². The maximum Gasteiger partial charge on any atom is 0.267 e. The Morgan fingerprint density at radius 2 is 2.38 bits per heavy atom. The predicted molar refractivity (Wildman–Crippen MR) is 62.1 cm³/mol. The van der Waals surface area contributed by atoms with Crippen molar-refractivity contribution in [2.24, 2.45) is 11.7 Å². The van der Waals surface area contributed by atoms with E-state index in [4.69, 9.17) is 5.73 Å². The number of piperidine rings is 1. The van der Waals surface area contributed by atoms with Crippen LogP contribution in [-0.4, -0.2) is 24.0 Å². The van der Waals surface area contributed by atoms with Crippen molar-refractivity contribution in [2.45, 2.75) is 19.3 Å². The normalized spacial score (nSPS) is 25.3. The molecule has 0 radical (unpaired) electrons. The summed E-state index contributed by atoms with van der Waals surface area (Å²) in [5.74, 6) is 0.536. The molecule has 1 fully saturated rings. The van der Waals surface area contributed by atoms with Gasteiger partial charge in [-0.2, -0.15) is 0 Å². The van der Waals surface area contributed by atoms with Crippen molar-refractivity contribution < 1.29 is 4.79 Å². The zero-order chi connectivity index (χ0) is 11.5. The van der Waals surface area contributed by atoms with Crippen molar-refractivity contribution in [1.29, 1.82) is 0 Å². The van der Waals surface area contributed by atoms with Gasteiger partial charge >= 0.3 is 0 Å². The molecule has 1 saturated heterocycles. The van der Waals surface area contributed by atoms with Crippen molar-refractivity contribution >= 4 is 5.91 Å². The monoisotopic (exact) mass is 219 g/mol. The van der Waals surface area contributed by atoms with E-state index in [0.717, 1.165) is 25.1 Å². The number of primary amides is 1. The third-order valence-electron chi connectivity index (χ3n) is 3.08. The fourth-order valence-electron chi connectivity index (χ4n) is 2.35. The van der Waals surface area contributed by atoms with Gasteiger partial charge in [-0.1, -0.05) is 13.0 Å². The van der Waals surface area contributed by atoms with E-state index in [1.807, 2.05) is 12.1 Å². The highest BCUT2D eigenvalue weighted by Gasteiger charge is 2.23. The summed E-state index contributed by atoms with van der Waals surface area (Å²) in [5.41, 5.74) is 6.73. The number of carbonyl (C=O) groups is 1. The summed E-state index contributed by atoms with van der Waals surface area (Å²) in [6.45, 7) is 4.15. The van der Waals surface area contributed by atoms with Gasteiger partial charge in [-0.3, -0.25) is 9.78 Å². The number of carbonyl (C=O) groups excluding carboxylic acids is 1. The first-order chi connectivity index (χ1) is 7.68. The van der Waals surface area contributed by atoms with E-state index in [0.29, 0.717) is 17.5 Å². The molecule has 4 heteroatoms. The van der Waals surface area contributed by atoms with Crippen molar-refractivity contribution in [2.75, 3.05) is 13.1 Å². The average molecular weight is 219 g/mol. The molecule has 0 bridgehead atoms. The third kappa shape index (κ3) is 2.22. The van der Waals surface area contributed by atoms with Crippen LogP contribution in [0.1, 0.15) is 35.3 Å². The Labute approximate surface area is 95.3 Å². The SMILES string of the molecule is C[C@H]1CNC[C@H](c2cccnc2C(N)=O)C1. The van der Waals surface area contributed by atoms with Gasteiger partial charge in [-0.05, 0) is 36.4 Å². The summed E-state index contributed by atoms with van der Waals surface area (Å²) in [5, 5.41) is 3.37. The second kappa shape index (κ2) is 4.61. The van der Waals surface area contributed by atoms with Crippen LogP contribution < -0.4 is 11.1 Å². The molecule has 0 unspecified atom stereocenters. The predicted octanol–water partition coefficient (Wildman–Crippen LogP) is 0.894. The lowest BCUT2D eigenvalue weighted by atomic mass is 9.85. The summed E-state index contributed by atoms with van der Waals surface area (Å²) < 4.78 is 0. The Morgan fingerprint density at radius 3 is 3.06 bits per heavy atom. The van der Waals surface area contributed by atoms with Gasteiger partial charge < -0.3 is 11.1 Å². The lowest BCUT2D eigenvalue weighted by Crippen LogP contribution is -2.34. The van der Waals surface area contributed by atoms with Crippen molar-refractivity contribution in [3.05, 3.63) is 29.6 Å². The Balaban J connectivity index is 2.28. The van der Waals surface area contributed by atoms with Crippen LogP contribution in [0, 0.1) is 5.92 Å². The van der Waals surface area contributed by atoms with Crippen LogP contribution in [-0.2, 0) is 0 Å². The minimum absolute atomic E-state index is 0.347. The Morgan fingerprint density at radius 1 is 1.56 bits per heavy atom. The van der Waals surface area contributed by atoms with Gasteiger partial charge in [0.05, 0.1) is 0 Å². The first-order valence-electron chi connectivity index (χ1n) is 5.64. The van der Waals surface area contributed by atoms with Crippen LogP contribution in [0.2, 0.25) is 0 Å². The number of nitrogens with zero attached hydrogens (tertiary/aromatic N) is 1. The molecule has 2 atom stereocenters. The first kappa shape index (κ1) is 11.1. The largest absolute Gasteiger partial charge is 0.364 e. The fraction of sp³-hybridized carbons (Fsp3) is 0.500. The zero-order valence-electron chi connectivity index (χ0n) is 9.44. The van der Waals surface area contributed by atoms with Crippen LogP contribution in [0.4, 0.5) is 0 Å². The van der Waals surface area contributed by atoms with E-state index in [-0.39, 0.29) is 0 Å². The molecule has 16 heavy (non-hydrogen) atoms. The van der Waals surface area contributed by atoms with Gasteiger partial charge in [0.15, 0.2) is 0 Å². The standard InChI is InChI=1S/C12H17N3O/c1-8-5-9(7-14-6-8)10-3-2-4-15-11(10)12(13)16/h2-4,8-9,14H,5-7H2,1H3,(H2,13,16)/t8-,9-/m1/s1. The van der Waals surface area contributed by atoms with E-state index in [9.17, 15) is 4.79 Å². The van der Waals surface area contributed by atoms with E-state index < -0.39 is 5.91 Å². The van der Waals surface area contributed by atoms with E-state index >= 15 is 0 Å². The summed E-state index contributed by atoms with van der Waals surface area (Å²) in [6, 6.07) is 3.82. The number of aromatic nitrogens is 1. The number of pyridine rings is 1. The number of nitrogens with two attached hydrogens (primary N) is 1. The van der Waals surface area contributed by atoms with Gasteiger partial charge in [-0.25, -0.2) is 0 Å².